The maximum Gasteiger partial charge on any atom is 0.225 e. The molecule has 0 aromatic heterocycles. The monoisotopic (exact) mass is 326 g/mol. The van der Waals surface area contributed by atoms with Crippen LogP contribution in [0.3, 0.4) is 0 Å². The van der Waals surface area contributed by atoms with Crippen molar-refractivity contribution >= 4 is 27.5 Å². The van der Waals surface area contributed by atoms with Crippen LogP contribution in [0.25, 0.3) is 0 Å². The van der Waals surface area contributed by atoms with Gasteiger partial charge in [0.2, 0.25) is 5.91 Å². The van der Waals surface area contributed by atoms with Gasteiger partial charge in [-0.3, -0.25) is 4.79 Å². The first kappa shape index (κ1) is 16.2. The Morgan fingerprint density at radius 3 is 2.74 bits per heavy atom. The quantitative estimate of drug-likeness (QED) is 0.712. The van der Waals surface area contributed by atoms with Crippen molar-refractivity contribution < 1.29 is 4.79 Å². The highest BCUT2D eigenvalue weighted by atomic mass is 79.9. The van der Waals surface area contributed by atoms with E-state index < -0.39 is 0 Å². The molecule has 0 heterocycles. The molecule has 2 N–H and O–H groups in total. The van der Waals surface area contributed by atoms with Crippen molar-refractivity contribution in [3.63, 3.8) is 0 Å². The molecule has 0 bridgehead atoms. The van der Waals surface area contributed by atoms with Gasteiger partial charge in [0.15, 0.2) is 0 Å². The van der Waals surface area contributed by atoms with Crippen molar-refractivity contribution in [1.82, 2.24) is 5.32 Å². The number of rotatable bonds is 8. The third-order valence-corrected chi connectivity index (χ3v) is 3.44. The summed E-state index contributed by atoms with van der Waals surface area (Å²) in [5.41, 5.74) is 1.96. The first-order valence-corrected chi connectivity index (χ1v) is 7.69. The van der Waals surface area contributed by atoms with Gasteiger partial charge in [-0.1, -0.05) is 35.7 Å². The average molecular weight is 327 g/mol. The summed E-state index contributed by atoms with van der Waals surface area (Å²) in [6, 6.07) is 5.86. The summed E-state index contributed by atoms with van der Waals surface area (Å²) in [7, 11) is 0. The van der Waals surface area contributed by atoms with E-state index in [4.69, 9.17) is 0 Å². The number of hydrogen-bond donors (Lipinski definition) is 2. The molecule has 0 saturated carbocycles. The highest BCUT2D eigenvalue weighted by Gasteiger charge is 2.04. The highest BCUT2D eigenvalue weighted by molar-refractivity contribution is 9.10. The zero-order valence-electron chi connectivity index (χ0n) is 11.8. The van der Waals surface area contributed by atoms with Crippen LogP contribution in [-0.2, 0) is 4.79 Å². The summed E-state index contributed by atoms with van der Waals surface area (Å²) < 4.78 is 1.03. The standard InChI is InChI=1S/C15H23BrN2O/c1-3-4-5-9-17-10-8-15(19)18-14-7-6-13(16)11-12(14)2/h6-7,11,17H,3-5,8-10H2,1-2H3,(H,18,19). The molecule has 0 saturated heterocycles. The summed E-state index contributed by atoms with van der Waals surface area (Å²) in [6.45, 7) is 5.92. The fraction of sp³-hybridized carbons (Fsp3) is 0.533. The summed E-state index contributed by atoms with van der Waals surface area (Å²) in [5, 5.41) is 6.23. The number of aryl methyl sites for hydroxylation is 1. The zero-order chi connectivity index (χ0) is 14.1. The highest BCUT2D eigenvalue weighted by Crippen LogP contribution is 2.19. The minimum Gasteiger partial charge on any atom is -0.326 e. The number of carbonyl (C=O) groups is 1. The molecule has 0 aliphatic rings. The van der Waals surface area contributed by atoms with E-state index in [9.17, 15) is 4.79 Å². The Kier molecular flexibility index (Phi) is 7.75. The Balaban J connectivity index is 2.23. The first-order valence-electron chi connectivity index (χ1n) is 6.90. The van der Waals surface area contributed by atoms with E-state index in [2.05, 4.69) is 33.5 Å². The molecule has 0 unspecified atom stereocenters. The number of carbonyl (C=O) groups excluding carboxylic acids is 1. The van der Waals surface area contributed by atoms with Gasteiger partial charge in [0.25, 0.3) is 0 Å². The van der Waals surface area contributed by atoms with Gasteiger partial charge in [-0.25, -0.2) is 0 Å². The Morgan fingerprint density at radius 2 is 2.05 bits per heavy atom. The molecule has 0 spiro atoms. The summed E-state index contributed by atoms with van der Waals surface area (Å²) >= 11 is 3.41. The maximum atomic E-state index is 11.8. The zero-order valence-corrected chi connectivity index (χ0v) is 13.3. The lowest BCUT2D eigenvalue weighted by Gasteiger charge is -2.09. The lowest BCUT2D eigenvalue weighted by Crippen LogP contribution is -2.22. The Hall–Kier alpha value is -0.870. The molecule has 4 heteroatoms. The van der Waals surface area contributed by atoms with Gasteiger partial charge in [0, 0.05) is 23.1 Å². The molecule has 0 atom stereocenters. The van der Waals surface area contributed by atoms with Crippen LogP contribution < -0.4 is 10.6 Å². The van der Waals surface area contributed by atoms with Gasteiger partial charge in [-0.2, -0.15) is 0 Å². The van der Waals surface area contributed by atoms with Gasteiger partial charge in [-0.05, 0) is 43.7 Å². The van der Waals surface area contributed by atoms with Crippen LogP contribution in [0.2, 0.25) is 0 Å². The van der Waals surface area contributed by atoms with Crippen molar-refractivity contribution in [3.8, 4) is 0 Å². The molecule has 106 valence electrons. The van der Waals surface area contributed by atoms with E-state index in [1.807, 2.05) is 25.1 Å². The molecule has 0 fully saturated rings. The lowest BCUT2D eigenvalue weighted by molar-refractivity contribution is -0.116. The number of anilines is 1. The smallest absolute Gasteiger partial charge is 0.225 e. The average Bonchev–Trinajstić information content (AvgIpc) is 2.37. The molecule has 3 nitrogen and oxygen atoms in total. The molecule has 1 amide bonds. The number of unbranched alkanes of at least 4 members (excludes halogenated alkanes) is 2. The number of nitrogens with one attached hydrogen (secondary N) is 2. The van der Waals surface area contributed by atoms with Crippen molar-refractivity contribution in [2.24, 2.45) is 0 Å². The minimum absolute atomic E-state index is 0.0633. The molecule has 0 aliphatic carbocycles. The van der Waals surface area contributed by atoms with Crippen LogP contribution in [0.1, 0.15) is 38.2 Å². The summed E-state index contributed by atoms with van der Waals surface area (Å²) in [4.78, 5) is 11.8. The molecule has 0 radical (unpaired) electrons. The number of benzene rings is 1. The van der Waals surface area contributed by atoms with E-state index in [-0.39, 0.29) is 5.91 Å². The van der Waals surface area contributed by atoms with Gasteiger partial charge in [0.05, 0.1) is 0 Å². The fourth-order valence-corrected chi connectivity index (χ4v) is 2.28. The predicted molar refractivity (Wildman–Crippen MR) is 84.5 cm³/mol. The topological polar surface area (TPSA) is 41.1 Å². The minimum atomic E-state index is 0.0633. The second kappa shape index (κ2) is 9.10. The number of halogens is 1. The summed E-state index contributed by atoms with van der Waals surface area (Å²) in [6.07, 6.45) is 4.17. The van der Waals surface area contributed by atoms with E-state index >= 15 is 0 Å². The van der Waals surface area contributed by atoms with Crippen molar-refractivity contribution in [1.29, 1.82) is 0 Å². The van der Waals surface area contributed by atoms with Crippen LogP contribution in [0, 0.1) is 6.92 Å². The van der Waals surface area contributed by atoms with E-state index in [0.717, 1.165) is 28.8 Å². The van der Waals surface area contributed by atoms with Gasteiger partial charge in [0.1, 0.15) is 0 Å². The van der Waals surface area contributed by atoms with E-state index in [0.29, 0.717) is 6.42 Å². The largest absolute Gasteiger partial charge is 0.326 e. The van der Waals surface area contributed by atoms with Crippen LogP contribution in [0.15, 0.2) is 22.7 Å². The summed E-state index contributed by atoms with van der Waals surface area (Å²) in [5.74, 6) is 0.0633. The lowest BCUT2D eigenvalue weighted by atomic mass is 10.2. The Labute approximate surface area is 124 Å². The molecular weight excluding hydrogens is 304 g/mol. The Bertz CT molecular complexity index is 407. The molecule has 1 rings (SSSR count). The molecule has 1 aromatic carbocycles. The van der Waals surface area contributed by atoms with Gasteiger partial charge >= 0.3 is 0 Å². The predicted octanol–water partition coefficient (Wildman–Crippen LogP) is 3.87. The first-order chi connectivity index (χ1) is 9.13. The molecular formula is C15H23BrN2O. The SMILES string of the molecule is CCCCCNCCC(=O)Nc1ccc(Br)cc1C. The van der Waals surface area contributed by atoms with Crippen molar-refractivity contribution in [2.75, 3.05) is 18.4 Å². The maximum absolute atomic E-state index is 11.8. The third-order valence-electron chi connectivity index (χ3n) is 2.95. The normalized spacial score (nSPS) is 10.5. The van der Waals surface area contributed by atoms with Crippen LogP contribution in [0.4, 0.5) is 5.69 Å². The van der Waals surface area contributed by atoms with Crippen LogP contribution in [0.5, 0.6) is 0 Å². The molecule has 1 aromatic rings. The van der Waals surface area contributed by atoms with Crippen molar-refractivity contribution in [3.05, 3.63) is 28.2 Å². The van der Waals surface area contributed by atoms with E-state index in [1.54, 1.807) is 0 Å². The Morgan fingerprint density at radius 1 is 1.26 bits per heavy atom. The second-order valence-electron chi connectivity index (χ2n) is 4.71. The van der Waals surface area contributed by atoms with Crippen molar-refractivity contribution in [2.45, 2.75) is 39.5 Å². The molecule has 0 aliphatic heterocycles. The second-order valence-corrected chi connectivity index (χ2v) is 5.63. The van der Waals surface area contributed by atoms with Gasteiger partial charge < -0.3 is 10.6 Å². The van der Waals surface area contributed by atoms with Crippen LogP contribution in [-0.4, -0.2) is 19.0 Å². The van der Waals surface area contributed by atoms with Gasteiger partial charge in [-0.15, -0.1) is 0 Å². The molecule has 19 heavy (non-hydrogen) atoms. The number of hydrogen-bond acceptors (Lipinski definition) is 2. The number of amides is 1. The fourth-order valence-electron chi connectivity index (χ4n) is 1.81. The third kappa shape index (κ3) is 6.73. The van der Waals surface area contributed by atoms with E-state index in [1.165, 1.54) is 19.3 Å². The van der Waals surface area contributed by atoms with Crippen LogP contribution >= 0.6 is 15.9 Å².